The van der Waals surface area contributed by atoms with Gasteiger partial charge in [-0.25, -0.2) is 9.36 Å². The lowest BCUT2D eigenvalue weighted by Crippen LogP contribution is -2.27. The third-order valence-electron chi connectivity index (χ3n) is 3.45. The minimum Gasteiger partial charge on any atom is -0.504 e. The van der Waals surface area contributed by atoms with E-state index in [0.717, 1.165) is 10.8 Å². The zero-order valence-electron chi connectivity index (χ0n) is 13.5. The first-order chi connectivity index (χ1) is 10.8. The number of pyridine rings is 1. The second kappa shape index (κ2) is 5.15. The van der Waals surface area contributed by atoms with Gasteiger partial charge in [-0.05, 0) is 32.9 Å². The molecule has 2 heterocycles. The predicted octanol–water partition coefficient (Wildman–Crippen LogP) is 3.69. The highest BCUT2D eigenvalue weighted by Crippen LogP contribution is 2.37. The van der Waals surface area contributed by atoms with Crippen molar-refractivity contribution in [3.63, 3.8) is 0 Å². The second-order valence-electron chi connectivity index (χ2n) is 6.25. The molecule has 0 bridgehead atoms. The summed E-state index contributed by atoms with van der Waals surface area (Å²) in [6.07, 6.45) is 2.73. The molecule has 0 fully saturated rings. The fourth-order valence-corrected chi connectivity index (χ4v) is 2.55. The van der Waals surface area contributed by atoms with Crippen molar-refractivity contribution in [2.75, 3.05) is 7.11 Å². The van der Waals surface area contributed by atoms with Crippen LogP contribution >= 0.6 is 0 Å². The van der Waals surface area contributed by atoms with Gasteiger partial charge in [-0.15, -0.1) is 0 Å². The highest BCUT2D eigenvalue weighted by atomic mass is 16.6. The van der Waals surface area contributed by atoms with Crippen molar-refractivity contribution in [3.05, 3.63) is 30.6 Å². The van der Waals surface area contributed by atoms with E-state index in [-0.39, 0.29) is 5.75 Å². The van der Waals surface area contributed by atoms with E-state index >= 15 is 0 Å². The average molecular weight is 314 g/mol. The molecule has 0 aliphatic heterocycles. The number of ether oxygens (including phenoxy) is 2. The zero-order chi connectivity index (χ0) is 16.8. The van der Waals surface area contributed by atoms with Gasteiger partial charge in [-0.2, -0.15) is 0 Å². The van der Waals surface area contributed by atoms with Crippen LogP contribution in [0.2, 0.25) is 0 Å². The molecular weight excluding hydrogens is 296 g/mol. The van der Waals surface area contributed by atoms with E-state index in [1.54, 1.807) is 39.2 Å². The van der Waals surface area contributed by atoms with E-state index in [1.807, 2.05) is 6.07 Å². The molecule has 3 rings (SSSR count). The molecule has 1 N–H and O–H groups in total. The lowest BCUT2D eigenvalue weighted by molar-refractivity contribution is 0.0551. The van der Waals surface area contributed by atoms with Crippen molar-refractivity contribution in [3.8, 4) is 11.5 Å². The number of rotatable bonds is 1. The van der Waals surface area contributed by atoms with Gasteiger partial charge in [0.1, 0.15) is 5.60 Å². The van der Waals surface area contributed by atoms with Crippen LogP contribution < -0.4 is 4.74 Å². The molecule has 23 heavy (non-hydrogen) atoms. The number of methoxy groups -OCH3 is 1. The molecule has 2 aromatic heterocycles. The number of phenolic OH excluding ortho intramolecular Hbond substituents is 1. The summed E-state index contributed by atoms with van der Waals surface area (Å²) in [6, 6.07) is 5.01. The maximum Gasteiger partial charge on any atom is 0.419 e. The Balaban J connectivity index is 2.34. The summed E-state index contributed by atoms with van der Waals surface area (Å²) in [6.45, 7) is 5.41. The first-order valence-electron chi connectivity index (χ1n) is 7.20. The number of carbonyl (C=O) groups is 1. The number of fused-ring (bicyclic) bond motifs is 3. The van der Waals surface area contributed by atoms with Gasteiger partial charge in [0, 0.05) is 23.0 Å². The number of carbonyl (C=O) groups excluding carboxylic acids is 1. The maximum absolute atomic E-state index is 12.6. The molecule has 0 radical (unpaired) electrons. The van der Waals surface area contributed by atoms with Gasteiger partial charge in [0.15, 0.2) is 11.5 Å². The molecule has 0 amide bonds. The van der Waals surface area contributed by atoms with Crippen LogP contribution in [0.25, 0.3) is 21.8 Å². The molecule has 0 saturated carbocycles. The van der Waals surface area contributed by atoms with E-state index in [9.17, 15) is 9.90 Å². The number of aromatic nitrogens is 2. The van der Waals surface area contributed by atoms with Crippen molar-refractivity contribution >= 4 is 27.9 Å². The van der Waals surface area contributed by atoms with Crippen LogP contribution in [-0.2, 0) is 4.74 Å². The molecule has 6 nitrogen and oxygen atoms in total. The Morgan fingerprint density at radius 3 is 2.61 bits per heavy atom. The minimum absolute atomic E-state index is 0.0411. The van der Waals surface area contributed by atoms with Gasteiger partial charge < -0.3 is 14.6 Å². The highest BCUT2D eigenvalue weighted by molar-refractivity contribution is 6.13. The monoisotopic (exact) mass is 314 g/mol. The molecule has 0 unspecified atom stereocenters. The standard InChI is InChI=1S/C17H18N2O4/c1-17(2,3)23-16(21)19-12-8-14(20)15(22-4)7-11(12)10-5-6-18-9-13(10)19/h5-9,20H,1-4H3. The lowest BCUT2D eigenvalue weighted by Gasteiger charge is -2.20. The van der Waals surface area contributed by atoms with Gasteiger partial charge in [-0.3, -0.25) is 4.98 Å². The number of nitrogens with zero attached hydrogens (tertiary/aromatic N) is 2. The quantitative estimate of drug-likeness (QED) is 0.741. The molecular formula is C17H18N2O4. The van der Waals surface area contributed by atoms with E-state index < -0.39 is 11.7 Å². The minimum atomic E-state index is -0.628. The Bertz CT molecular complexity index is 906. The molecule has 1 aromatic carbocycles. The van der Waals surface area contributed by atoms with Crippen LogP contribution in [0.1, 0.15) is 20.8 Å². The van der Waals surface area contributed by atoms with Crippen LogP contribution in [-0.4, -0.2) is 33.5 Å². The molecule has 0 aliphatic carbocycles. The van der Waals surface area contributed by atoms with Crippen LogP contribution in [0.3, 0.4) is 0 Å². The van der Waals surface area contributed by atoms with Crippen molar-refractivity contribution < 1.29 is 19.4 Å². The van der Waals surface area contributed by atoms with E-state index in [2.05, 4.69) is 4.98 Å². The second-order valence-corrected chi connectivity index (χ2v) is 6.25. The summed E-state index contributed by atoms with van der Waals surface area (Å²) in [5, 5.41) is 11.7. The predicted molar refractivity (Wildman–Crippen MR) is 87.1 cm³/mol. The fourth-order valence-electron chi connectivity index (χ4n) is 2.55. The van der Waals surface area contributed by atoms with Gasteiger partial charge in [-0.1, -0.05) is 0 Å². The van der Waals surface area contributed by atoms with Crippen molar-refractivity contribution in [2.24, 2.45) is 0 Å². The molecule has 0 aliphatic rings. The summed E-state index contributed by atoms with van der Waals surface area (Å²) >= 11 is 0. The zero-order valence-corrected chi connectivity index (χ0v) is 13.5. The third-order valence-corrected chi connectivity index (χ3v) is 3.45. The largest absolute Gasteiger partial charge is 0.504 e. The molecule has 3 aromatic rings. The Labute approximate surface area is 133 Å². The Morgan fingerprint density at radius 2 is 1.96 bits per heavy atom. The Kier molecular flexibility index (Phi) is 3.39. The lowest BCUT2D eigenvalue weighted by atomic mass is 10.1. The highest BCUT2D eigenvalue weighted by Gasteiger charge is 2.23. The number of benzene rings is 1. The summed E-state index contributed by atoms with van der Waals surface area (Å²) in [4.78, 5) is 16.7. The van der Waals surface area contributed by atoms with Crippen LogP contribution in [0.5, 0.6) is 11.5 Å². The Morgan fingerprint density at radius 1 is 1.22 bits per heavy atom. The summed E-state index contributed by atoms with van der Waals surface area (Å²) in [5.74, 6) is 0.304. The van der Waals surface area contributed by atoms with Crippen LogP contribution in [0.15, 0.2) is 30.6 Å². The van der Waals surface area contributed by atoms with E-state index in [1.165, 1.54) is 17.7 Å². The molecule has 0 saturated heterocycles. The van der Waals surface area contributed by atoms with Crippen molar-refractivity contribution in [2.45, 2.75) is 26.4 Å². The smallest absolute Gasteiger partial charge is 0.419 e. The van der Waals surface area contributed by atoms with E-state index in [4.69, 9.17) is 9.47 Å². The van der Waals surface area contributed by atoms with Crippen molar-refractivity contribution in [1.82, 2.24) is 9.55 Å². The first kappa shape index (κ1) is 15.1. The van der Waals surface area contributed by atoms with Gasteiger partial charge >= 0.3 is 6.09 Å². The van der Waals surface area contributed by atoms with Gasteiger partial charge in [0.2, 0.25) is 0 Å². The molecule has 0 atom stereocenters. The average Bonchev–Trinajstić information content (AvgIpc) is 2.77. The number of aromatic hydroxyl groups is 1. The maximum atomic E-state index is 12.6. The molecule has 120 valence electrons. The van der Waals surface area contributed by atoms with Crippen molar-refractivity contribution in [1.29, 1.82) is 0 Å². The van der Waals surface area contributed by atoms with Crippen LogP contribution in [0, 0.1) is 0 Å². The number of hydrogen-bond acceptors (Lipinski definition) is 5. The van der Waals surface area contributed by atoms with Gasteiger partial charge in [0.05, 0.1) is 24.3 Å². The molecule has 6 heteroatoms. The van der Waals surface area contributed by atoms with E-state index in [0.29, 0.717) is 16.8 Å². The summed E-state index contributed by atoms with van der Waals surface area (Å²) in [7, 11) is 1.48. The Hall–Kier alpha value is -2.76. The van der Waals surface area contributed by atoms with Gasteiger partial charge in [0.25, 0.3) is 0 Å². The normalized spacial score (nSPS) is 11.8. The summed E-state index contributed by atoms with van der Waals surface area (Å²) < 4.78 is 12.1. The van der Waals surface area contributed by atoms with Crippen LogP contribution in [0.4, 0.5) is 4.79 Å². The number of hydrogen-bond donors (Lipinski definition) is 1. The molecule has 0 spiro atoms. The fraction of sp³-hybridized carbons (Fsp3) is 0.294. The summed E-state index contributed by atoms with van der Waals surface area (Å²) in [5.41, 5.74) is 0.529. The SMILES string of the molecule is COc1cc2c3ccncc3n(C(=O)OC(C)(C)C)c2cc1O. The topological polar surface area (TPSA) is 73.6 Å². The third kappa shape index (κ3) is 2.56. The first-order valence-corrected chi connectivity index (χ1v) is 7.20. The number of phenols is 1.